The van der Waals surface area contributed by atoms with Gasteiger partial charge in [0.2, 0.25) is 0 Å². The minimum Gasteiger partial charge on any atom is -0.409 e. The summed E-state index contributed by atoms with van der Waals surface area (Å²) in [5.41, 5.74) is 6.73. The first-order valence-corrected chi connectivity index (χ1v) is 5.51. The Bertz CT molecular complexity index is 405. The third-order valence-corrected chi connectivity index (χ3v) is 2.32. The van der Waals surface area contributed by atoms with Crippen LogP contribution in [0.15, 0.2) is 23.4 Å². The Morgan fingerprint density at radius 1 is 1.53 bits per heavy atom. The molecule has 0 radical (unpaired) electrons. The van der Waals surface area contributed by atoms with E-state index in [1.807, 2.05) is 0 Å². The number of benzene rings is 1. The van der Waals surface area contributed by atoms with Crippen molar-refractivity contribution < 1.29 is 9.60 Å². The molecule has 17 heavy (non-hydrogen) atoms. The first-order valence-electron chi connectivity index (χ1n) is 5.51. The topological polar surface area (TPSA) is 70.6 Å². The summed E-state index contributed by atoms with van der Waals surface area (Å²) in [6.45, 7) is 5.61. The van der Waals surface area contributed by atoms with Crippen molar-refractivity contribution in [3.05, 3.63) is 35.1 Å². The number of rotatable bonds is 5. The zero-order chi connectivity index (χ0) is 12.8. The maximum absolute atomic E-state index is 13.1. The molecule has 4 nitrogen and oxygen atoms in total. The molecule has 0 aliphatic heterocycles. The second-order valence-corrected chi connectivity index (χ2v) is 4.31. The molecule has 0 saturated carbocycles. The molecule has 0 spiro atoms. The van der Waals surface area contributed by atoms with E-state index in [0.717, 1.165) is 12.1 Å². The van der Waals surface area contributed by atoms with Gasteiger partial charge in [-0.25, -0.2) is 4.39 Å². The van der Waals surface area contributed by atoms with E-state index in [1.54, 1.807) is 6.07 Å². The van der Waals surface area contributed by atoms with Crippen LogP contribution in [0.1, 0.15) is 25.0 Å². The highest BCUT2D eigenvalue weighted by molar-refractivity contribution is 5.98. The number of halogens is 1. The molecule has 0 heterocycles. The Morgan fingerprint density at radius 3 is 2.82 bits per heavy atom. The average Bonchev–Trinajstić information content (AvgIpc) is 2.29. The highest BCUT2D eigenvalue weighted by Gasteiger charge is 2.08. The third kappa shape index (κ3) is 4.03. The van der Waals surface area contributed by atoms with Crippen molar-refractivity contribution in [2.45, 2.75) is 20.4 Å². The molecule has 1 rings (SSSR count). The van der Waals surface area contributed by atoms with Gasteiger partial charge in [-0.15, -0.1) is 0 Å². The predicted molar refractivity (Wildman–Crippen MR) is 65.5 cm³/mol. The normalized spacial score (nSPS) is 12.1. The molecule has 1 aromatic rings. The predicted octanol–water partition coefficient (Wildman–Crippen LogP) is 1.67. The number of oxime groups is 1. The van der Waals surface area contributed by atoms with Gasteiger partial charge in [-0.05, 0) is 30.2 Å². The van der Waals surface area contributed by atoms with Gasteiger partial charge in [-0.3, -0.25) is 0 Å². The van der Waals surface area contributed by atoms with E-state index in [1.165, 1.54) is 12.1 Å². The second-order valence-electron chi connectivity index (χ2n) is 4.31. The lowest BCUT2D eigenvalue weighted by atomic mass is 10.1. The van der Waals surface area contributed by atoms with Crippen LogP contribution in [0.4, 0.5) is 4.39 Å². The lowest BCUT2D eigenvalue weighted by molar-refractivity contribution is 0.318. The van der Waals surface area contributed by atoms with Gasteiger partial charge in [0.15, 0.2) is 5.84 Å². The largest absolute Gasteiger partial charge is 0.409 e. The van der Waals surface area contributed by atoms with E-state index in [-0.39, 0.29) is 5.84 Å². The number of hydrogen-bond acceptors (Lipinski definition) is 3. The van der Waals surface area contributed by atoms with E-state index >= 15 is 0 Å². The number of nitrogens with two attached hydrogens (primary N) is 1. The summed E-state index contributed by atoms with van der Waals surface area (Å²) in [5, 5.41) is 14.8. The summed E-state index contributed by atoms with van der Waals surface area (Å²) >= 11 is 0. The molecule has 0 aliphatic carbocycles. The summed E-state index contributed by atoms with van der Waals surface area (Å²) in [7, 11) is 0. The van der Waals surface area contributed by atoms with Gasteiger partial charge in [0.25, 0.3) is 0 Å². The van der Waals surface area contributed by atoms with Crippen LogP contribution in [0, 0.1) is 11.7 Å². The molecule has 0 fully saturated rings. The second kappa shape index (κ2) is 6.20. The smallest absolute Gasteiger partial charge is 0.170 e. The van der Waals surface area contributed by atoms with Crippen LogP contribution in [0.5, 0.6) is 0 Å². The Hall–Kier alpha value is -1.62. The summed E-state index contributed by atoms with van der Waals surface area (Å²) < 4.78 is 13.1. The Morgan fingerprint density at radius 2 is 2.24 bits per heavy atom. The molecule has 0 saturated heterocycles. The van der Waals surface area contributed by atoms with Crippen LogP contribution in [-0.4, -0.2) is 17.6 Å². The molecule has 0 bridgehead atoms. The number of nitrogens with zero attached hydrogens (tertiary/aromatic N) is 1. The zero-order valence-corrected chi connectivity index (χ0v) is 10.1. The van der Waals surface area contributed by atoms with Gasteiger partial charge >= 0.3 is 0 Å². The van der Waals surface area contributed by atoms with Crippen LogP contribution in [0.25, 0.3) is 0 Å². The summed E-state index contributed by atoms with van der Waals surface area (Å²) in [4.78, 5) is 0. The molecule has 5 heteroatoms. The fourth-order valence-electron chi connectivity index (χ4n) is 1.49. The van der Waals surface area contributed by atoms with Crippen molar-refractivity contribution in [2.24, 2.45) is 16.8 Å². The highest BCUT2D eigenvalue weighted by Crippen LogP contribution is 2.11. The molecular weight excluding hydrogens is 221 g/mol. The summed E-state index contributed by atoms with van der Waals surface area (Å²) in [5.74, 6) is 0.0489. The first kappa shape index (κ1) is 13.4. The van der Waals surface area contributed by atoms with Crippen LogP contribution in [0.2, 0.25) is 0 Å². The van der Waals surface area contributed by atoms with Crippen molar-refractivity contribution in [3.8, 4) is 0 Å². The lowest BCUT2D eigenvalue weighted by Crippen LogP contribution is -2.22. The quantitative estimate of drug-likeness (QED) is 0.317. The molecule has 94 valence electrons. The fraction of sp³-hybridized carbons (Fsp3) is 0.417. The van der Waals surface area contributed by atoms with Gasteiger partial charge in [0, 0.05) is 12.1 Å². The van der Waals surface area contributed by atoms with Crippen LogP contribution >= 0.6 is 0 Å². The number of nitrogens with one attached hydrogen (secondary N) is 1. The van der Waals surface area contributed by atoms with E-state index in [2.05, 4.69) is 24.3 Å². The first-order chi connectivity index (χ1) is 8.04. The van der Waals surface area contributed by atoms with Gasteiger partial charge in [0.05, 0.1) is 0 Å². The van der Waals surface area contributed by atoms with Crippen molar-refractivity contribution in [1.82, 2.24) is 5.32 Å². The molecule has 0 atom stereocenters. The standard InChI is InChI=1S/C12H18FN3O/c1-8(2)6-15-7-9-3-4-10(13)5-11(9)12(14)16-17/h3-5,8,15,17H,6-7H2,1-2H3,(H2,14,16). The van der Waals surface area contributed by atoms with E-state index in [9.17, 15) is 4.39 Å². The van der Waals surface area contributed by atoms with E-state index in [4.69, 9.17) is 10.9 Å². The molecule has 4 N–H and O–H groups in total. The van der Waals surface area contributed by atoms with Gasteiger partial charge in [-0.1, -0.05) is 25.1 Å². The minimum atomic E-state index is -0.404. The molecule has 0 amide bonds. The van der Waals surface area contributed by atoms with Gasteiger partial charge < -0.3 is 16.3 Å². The monoisotopic (exact) mass is 239 g/mol. The summed E-state index contributed by atoms with van der Waals surface area (Å²) in [6, 6.07) is 4.26. The van der Waals surface area contributed by atoms with Crippen molar-refractivity contribution >= 4 is 5.84 Å². The highest BCUT2D eigenvalue weighted by atomic mass is 19.1. The average molecular weight is 239 g/mol. The third-order valence-electron chi connectivity index (χ3n) is 2.32. The van der Waals surface area contributed by atoms with Crippen LogP contribution in [0.3, 0.4) is 0 Å². The Labute approximate surface area is 100 Å². The molecule has 0 unspecified atom stereocenters. The minimum absolute atomic E-state index is 0.0779. The van der Waals surface area contributed by atoms with Gasteiger partial charge in [0.1, 0.15) is 5.82 Å². The van der Waals surface area contributed by atoms with Gasteiger partial charge in [-0.2, -0.15) is 0 Å². The van der Waals surface area contributed by atoms with E-state index < -0.39 is 5.82 Å². The maximum atomic E-state index is 13.1. The summed E-state index contributed by atoms with van der Waals surface area (Å²) in [6.07, 6.45) is 0. The molecule has 0 aromatic heterocycles. The number of amidine groups is 1. The van der Waals surface area contributed by atoms with Crippen LogP contribution in [-0.2, 0) is 6.54 Å². The molecule has 1 aromatic carbocycles. The van der Waals surface area contributed by atoms with Crippen LogP contribution < -0.4 is 11.1 Å². The lowest BCUT2D eigenvalue weighted by Gasteiger charge is -2.11. The molecule has 0 aliphatic rings. The van der Waals surface area contributed by atoms with E-state index in [0.29, 0.717) is 18.0 Å². The molecular formula is C12H18FN3O. The van der Waals surface area contributed by atoms with Crippen molar-refractivity contribution in [3.63, 3.8) is 0 Å². The maximum Gasteiger partial charge on any atom is 0.170 e. The Kier molecular flexibility index (Phi) is 4.90. The number of hydrogen-bond donors (Lipinski definition) is 3. The van der Waals surface area contributed by atoms with Crippen molar-refractivity contribution in [2.75, 3.05) is 6.54 Å². The Balaban J connectivity index is 2.83. The zero-order valence-electron chi connectivity index (χ0n) is 10.1. The fourth-order valence-corrected chi connectivity index (χ4v) is 1.49. The SMILES string of the molecule is CC(C)CNCc1ccc(F)cc1C(N)=NO. The van der Waals surface area contributed by atoms with Crippen molar-refractivity contribution in [1.29, 1.82) is 0 Å².